The first-order valence-corrected chi connectivity index (χ1v) is 8.77. The number of carbonyl (C=O) groups excluding carboxylic acids is 2. The molecule has 0 saturated heterocycles. The molecule has 1 aromatic rings. The van der Waals surface area contributed by atoms with Crippen LogP contribution < -0.4 is 10.2 Å². The van der Waals surface area contributed by atoms with E-state index in [9.17, 15) is 9.59 Å². The molecule has 0 saturated carbocycles. The zero-order chi connectivity index (χ0) is 17.5. The number of hydrogen-bond donors (Lipinski definition) is 1. The molecule has 6 nitrogen and oxygen atoms in total. The van der Waals surface area contributed by atoms with Gasteiger partial charge in [0.1, 0.15) is 5.60 Å². The summed E-state index contributed by atoms with van der Waals surface area (Å²) in [4.78, 5) is 29.8. The van der Waals surface area contributed by atoms with Crippen LogP contribution in [-0.4, -0.2) is 35.2 Å². The third-order valence-electron chi connectivity index (χ3n) is 2.90. The zero-order valence-electron chi connectivity index (χ0n) is 14.6. The summed E-state index contributed by atoms with van der Waals surface area (Å²) < 4.78 is 5.15. The van der Waals surface area contributed by atoms with Crippen LogP contribution in [0.4, 0.5) is 9.93 Å². The van der Waals surface area contributed by atoms with Crippen molar-refractivity contribution in [2.45, 2.75) is 65.5 Å². The third kappa shape index (κ3) is 7.45. The van der Waals surface area contributed by atoms with Gasteiger partial charge in [-0.1, -0.05) is 0 Å². The van der Waals surface area contributed by atoms with Gasteiger partial charge in [-0.3, -0.25) is 9.69 Å². The molecule has 0 atom stereocenters. The van der Waals surface area contributed by atoms with E-state index in [1.165, 1.54) is 11.3 Å². The van der Waals surface area contributed by atoms with Gasteiger partial charge in [-0.2, -0.15) is 0 Å². The molecular formula is C16H27N3O3S. The van der Waals surface area contributed by atoms with Crippen LogP contribution in [0, 0.1) is 0 Å². The van der Waals surface area contributed by atoms with E-state index in [1.807, 2.05) is 40.0 Å². The van der Waals surface area contributed by atoms with E-state index in [-0.39, 0.29) is 11.9 Å². The number of thiazole rings is 1. The van der Waals surface area contributed by atoms with Crippen LogP contribution in [0.3, 0.4) is 0 Å². The number of aromatic nitrogens is 1. The van der Waals surface area contributed by atoms with Crippen molar-refractivity contribution in [2.75, 3.05) is 11.4 Å². The van der Waals surface area contributed by atoms with E-state index in [0.29, 0.717) is 19.4 Å². The summed E-state index contributed by atoms with van der Waals surface area (Å²) in [6, 6.07) is 0.0774. The van der Waals surface area contributed by atoms with Crippen LogP contribution in [0.25, 0.3) is 0 Å². The van der Waals surface area contributed by atoms with Gasteiger partial charge in [0.2, 0.25) is 5.91 Å². The van der Waals surface area contributed by atoms with Gasteiger partial charge in [-0.05, 0) is 47.5 Å². The molecule has 0 radical (unpaired) electrons. The van der Waals surface area contributed by atoms with Gasteiger partial charge in [-0.25, -0.2) is 9.78 Å². The topological polar surface area (TPSA) is 71.5 Å². The van der Waals surface area contributed by atoms with Gasteiger partial charge >= 0.3 is 6.09 Å². The monoisotopic (exact) mass is 341 g/mol. The Morgan fingerprint density at radius 2 is 2.04 bits per heavy atom. The maximum atomic E-state index is 12.3. The van der Waals surface area contributed by atoms with Crippen molar-refractivity contribution >= 4 is 28.5 Å². The van der Waals surface area contributed by atoms with Crippen molar-refractivity contribution in [1.29, 1.82) is 0 Å². The molecular weight excluding hydrogens is 314 g/mol. The minimum Gasteiger partial charge on any atom is -0.444 e. The lowest BCUT2D eigenvalue weighted by molar-refractivity contribution is -0.119. The van der Waals surface area contributed by atoms with Crippen LogP contribution in [0.1, 0.15) is 53.9 Å². The molecule has 1 N–H and O–H groups in total. The van der Waals surface area contributed by atoms with Gasteiger partial charge in [0, 0.05) is 30.6 Å². The molecule has 7 heteroatoms. The summed E-state index contributed by atoms with van der Waals surface area (Å²) in [6.45, 7) is 9.92. The molecule has 0 aliphatic rings. The minimum absolute atomic E-state index is 0.0622. The highest BCUT2D eigenvalue weighted by atomic mass is 32.1. The Bertz CT molecular complexity index is 495. The second kappa shape index (κ2) is 8.86. The quantitative estimate of drug-likeness (QED) is 0.770. The van der Waals surface area contributed by atoms with Crippen LogP contribution in [-0.2, 0) is 9.53 Å². The fourth-order valence-corrected chi connectivity index (χ4v) is 2.77. The lowest BCUT2D eigenvalue weighted by Gasteiger charge is -2.24. The summed E-state index contributed by atoms with van der Waals surface area (Å²) in [5, 5.41) is 5.29. The number of ether oxygens (including phenoxy) is 1. The van der Waals surface area contributed by atoms with E-state index < -0.39 is 11.7 Å². The Morgan fingerprint density at radius 1 is 1.35 bits per heavy atom. The molecule has 2 amide bonds. The average Bonchev–Trinajstić information content (AvgIpc) is 2.89. The van der Waals surface area contributed by atoms with Crippen molar-refractivity contribution in [3.8, 4) is 0 Å². The first-order chi connectivity index (χ1) is 10.7. The van der Waals surface area contributed by atoms with Gasteiger partial charge < -0.3 is 10.1 Å². The number of hydrogen-bond acceptors (Lipinski definition) is 5. The second-order valence-corrected chi connectivity index (χ2v) is 7.43. The third-order valence-corrected chi connectivity index (χ3v) is 3.67. The normalized spacial score (nSPS) is 11.4. The number of alkyl carbamates (subject to hydrolysis) is 1. The minimum atomic E-state index is -0.495. The first kappa shape index (κ1) is 19.4. The average molecular weight is 341 g/mol. The van der Waals surface area contributed by atoms with Crippen molar-refractivity contribution < 1.29 is 14.3 Å². The maximum Gasteiger partial charge on any atom is 0.407 e. The number of anilines is 1. The summed E-state index contributed by atoms with van der Waals surface area (Å²) in [6.07, 6.45) is 3.16. The predicted molar refractivity (Wildman–Crippen MR) is 92.8 cm³/mol. The Balaban J connectivity index is 2.29. The van der Waals surface area contributed by atoms with Crippen molar-refractivity contribution in [1.82, 2.24) is 10.3 Å². The van der Waals surface area contributed by atoms with Gasteiger partial charge in [0.05, 0.1) is 0 Å². The molecule has 130 valence electrons. The Hall–Kier alpha value is -1.63. The summed E-state index contributed by atoms with van der Waals surface area (Å²) >= 11 is 1.46. The standard InChI is InChI=1S/C16H27N3O3S/c1-12(2)19(14-17-10-11-23-14)13(20)8-6-7-9-18-15(21)22-16(3,4)5/h10-12H,6-9H2,1-5H3,(H,18,21). The number of carbonyl (C=O) groups is 2. The zero-order valence-corrected chi connectivity index (χ0v) is 15.4. The van der Waals surface area contributed by atoms with Crippen LogP contribution in [0.15, 0.2) is 11.6 Å². The fourth-order valence-electron chi connectivity index (χ4n) is 1.98. The molecule has 0 fully saturated rings. The number of nitrogens with one attached hydrogen (secondary N) is 1. The first-order valence-electron chi connectivity index (χ1n) is 7.89. The smallest absolute Gasteiger partial charge is 0.407 e. The highest BCUT2D eigenvalue weighted by Gasteiger charge is 2.20. The summed E-state index contributed by atoms with van der Waals surface area (Å²) in [7, 11) is 0. The fraction of sp³-hybridized carbons (Fsp3) is 0.688. The van der Waals surface area contributed by atoms with Crippen molar-refractivity contribution in [2.24, 2.45) is 0 Å². The number of amides is 2. The molecule has 0 aliphatic carbocycles. The van der Waals surface area contributed by atoms with Gasteiger partial charge in [0.15, 0.2) is 5.13 Å². The molecule has 0 aliphatic heterocycles. The highest BCUT2D eigenvalue weighted by Crippen LogP contribution is 2.21. The van der Waals surface area contributed by atoms with E-state index >= 15 is 0 Å². The molecule has 23 heavy (non-hydrogen) atoms. The SMILES string of the molecule is CC(C)N(C(=O)CCCCNC(=O)OC(C)(C)C)c1nccs1. The molecule has 1 heterocycles. The molecule has 1 rings (SSSR count). The number of rotatable bonds is 7. The lowest BCUT2D eigenvalue weighted by atomic mass is 10.2. The van der Waals surface area contributed by atoms with Crippen LogP contribution >= 0.6 is 11.3 Å². The molecule has 0 unspecified atom stereocenters. The highest BCUT2D eigenvalue weighted by molar-refractivity contribution is 7.13. The molecule has 1 aromatic heterocycles. The predicted octanol–water partition coefficient (Wildman–Crippen LogP) is 3.58. The molecule has 0 spiro atoms. The van der Waals surface area contributed by atoms with Crippen LogP contribution in [0.2, 0.25) is 0 Å². The maximum absolute atomic E-state index is 12.3. The summed E-state index contributed by atoms with van der Waals surface area (Å²) in [5.41, 5.74) is -0.495. The number of nitrogens with zero attached hydrogens (tertiary/aromatic N) is 2. The lowest BCUT2D eigenvalue weighted by Crippen LogP contribution is -2.37. The van der Waals surface area contributed by atoms with Crippen LogP contribution in [0.5, 0.6) is 0 Å². The Kier molecular flexibility index (Phi) is 7.48. The van der Waals surface area contributed by atoms with Gasteiger partial charge in [0.25, 0.3) is 0 Å². The Labute approximate surface area is 142 Å². The summed E-state index contributed by atoms with van der Waals surface area (Å²) in [5.74, 6) is 0.0622. The number of unbranched alkanes of at least 4 members (excludes halogenated alkanes) is 1. The van der Waals surface area contributed by atoms with Crippen molar-refractivity contribution in [3.63, 3.8) is 0 Å². The Morgan fingerprint density at radius 3 is 2.57 bits per heavy atom. The van der Waals surface area contributed by atoms with Crippen molar-refractivity contribution in [3.05, 3.63) is 11.6 Å². The molecule has 0 bridgehead atoms. The van der Waals surface area contributed by atoms with Gasteiger partial charge in [-0.15, -0.1) is 11.3 Å². The molecule has 0 aromatic carbocycles. The van der Waals surface area contributed by atoms with E-state index in [0.717, 1.165) is 11.6 Å². The van der Waals surface area contributed by atoms with E-state index in [1.54, 1.807) is 11.1 Å². The largest absolute Gasteiger partial charge is 0.444 e. The van der Waals surface area contributed by atoms with E-state index in [4.69, 9.17) is 4.74 Å². The second-order valence-electron chi connectivity index (χ2n) is 6.56. The van der Waals surface area contributed by atoms with E-state index in [2.05, 4.69) is 10.3 Å².